The Morgan fingerprint density at radius 2 is 2.10 bits per heavy atom. The molecule has 1 atom stereocenters. The van der Waals surface area contributed by atoms with Crippen molar-refractivity contribution in [2.75, 3.05) is 19.7 Å². The zero-order chi connectivity index (χ0) is 14.5. The smallest absolute Gasteiger partial charge is 0.310 e. The number of hydrogen-bond donors (Lipinski definition) is 0. The van der Waals surface area contributed by atoms with Crippen molar-refractivity contribution in [2.45, 2.75) is 26.7 Å². The van der Waals surface area contributed by atoms with Crippen LogP contribution in [-0.4, -0.2) is 36.5 Å². The van der Waals surface area contributed by atoms with E-state index in [0.717, 1.165) is 24.0 Å². The van der Waals surface area contributed by atoms with E-state index in [4.69, 9.17) is 4.74 Å². The predicted molar refractivity (Wildman–Crippen MR) is 76.4 cm³/mol. The van der Waals surface area contributed by atoms with Crippen molar-refractivity contribution < 1.29 is 14.3 Å². The van der Waals surface area contributed by atoms with Crippen molar-refractivity contribution in [1.82, 2.24) is 4.90 Å². The molecule has 4 nitrogen and oxygen atoms in total. The van der Waals surface area contributed by atoms with E-state index >= 15 is 0 Å². The van der Waals surface area contributed by atoms with Crippen molar-refractivity contribution in [2.24, 2.45) is 5.92 Å². The minimum Gasteiger partial charge on any atom is -0.466 e. The van der Waals surface area contributed by atoms with Gasteiger partial charge in [0.05, 0.1) is 12.5 Å². The molecule has 4 heteroatoms. The third kappa shape index (κ3) is 3.18. The number of ether oxygens (including phenoxy) is 1. The van der Waals surface area contributed by atoms with E-state index in [2.05, 4.69) is 0 Å². The van der Waals surface area contributed by atoms with Crippen molar-refractivity contribution in [3.63, 3.8) is 0 Å². The number of carbonyl (C=O) groups excluding carboxylic acids is 2. The van der Waals surface area contributed by atoms with Crippen LogP contribution in [0.1, 0.15) is 35.7 Å². The summed E-state index contributed by atoms with van der Waals surface area (Å²) in [6.07, 6.45) is 1.65. The standard InChI is InChI=1S/C16H21NO3/c1-3-20-16(19)13-8-6-10-17(11-13)15(18)14-9-5-4-7-12(14)2/h4-5,7,9,13H,3,6,8,10-11H2,1-2H3/t13-/m1/s1. The summed E-state index contributed by atoms with van der Waals surface area (Å²) < 4.78 is 5.06. The maximum atomic E-state index is 12.5. The summed E-state index contributed by atoms with van der Waals surface area (Å²) in [5.74, 6) is -0.358. The lowest BCUT2D eigenvalue weighted by Gasteiger charge is -2.31. The van der Waals surface area contributed by atoms with Gasteiger partial charge in [-0.3, -0.25) is 9.59 Å². The molecule has 1 heterocycles. The maximum Gasteiger partial charge on any atom is 0.310 e. The van der Waals surface area contributed by atoms with Crippen LogP contribution in [0, 0.1) is 12.8 Å². The fraction of sp³-hybridized carbons (Fsp3) is 0.500. The van der Waals surface area contributed by atoms with Gasteiger partial charge in [-0.2, -0.15) is 0 Å². The van der Waals surface area contributed by atoms with Crippen LogP contribution in [0.4, 0.5) is 0 Å². The zero-order valence-electron chi connectivity index (χ0n) is 12.1. The Labute approximate surface area is 119 Å². The van der Waals surface area contributed by atoms with Gasteiger partial charge in [-0.1, -0.05) is 18.2 Å². The maximum absolute atomic E-state index is 12.5. The number of piperidine rings is 1. The van der Waals surface area contributed by atoms with Gasteiger partial charge in [0.2, 0.25) is 0 Å². The van der Waals surface area contributed by atoms with Gasteiger partial charge < -0.3 is 9.64 Å². The molecule has 0 aromatic heterocycles. The Hall–Kier alpha value is -1.84. The van der Waals surface area contributed by atoms with Gasteiger partial charge in [-0.25, -0.2) is 0 Å². The van der Waals surface area contributed by atoms with E-state index in [-0.39, 0.29) is 17.8 Å². The molecule has 1 aromatic carbocycles. The highest BCUT2D eigenvalue weighted by molar-refractivity contribution is 5.96. The van der Waals surface area contributed by atoms with Crippen LogP contribution in [0.2, 0.25) is 0 Å². The average molecular weight is 275 g/mol. The molecule has 2 rings (SSSR count). The zero-order valence-corrected chi connectivity index (χ0v) is 12.1. The number of likely N-dealkylation sites (tertiary alicyclic amines) is 1. The van der Waals surface area contributed by atoms with Crippen LogP contribution in [0.15, 0.2) is 24.3 Å². The molecule has 1 aliphatic rings. The predicted octanol–water partition coefficient (Wildman–Crippen LogP) is 2.41. The van der Waals surface area contributed by atoms with Gasteiger partial charge in [0, 0.05) is 18.7 Å². The summed E-state index contributed by atoms with van der Waals surface area (Å²) in [5, 5.41) is 0. The topological polar surface area (TPSA) is 46.6 Å². The second-order valence-electron chi connectivity index (χ2n) is 5.16. The second-order valence-corrected chi connectivity index (χ2v) is 5.16. The summed E-state index contributed by atoms with van der Waals surface area (Å²) in [7, 11) is 0. The molecule has 108 valence electrons. The molecule has 1 fully saturated rings. The van der Waals surface area contributed by atoms with Gasteiger partial charge in [0.15, 0.2) is 0 Å². The van der Waals surface area contributed by atoms with Crippen molar-refractivity contribution in [3.05, 3.63) is 35.4 Å². The van der Waals surface area contributed by atoms with Gasteiger partial charge >= 0.3 is 5.97 Å². The van der Waals surface area contributed by atoms with Crippen LogP contribution in [0.25, 0.3) is 0 Å². The minimum absolute atomic E-state index is 0.0112. The Morgan fingerprint density at radius 3 is 2.80 bits per heavy atom. The number of esters is 1. The quantitative estimate of drug-likeness (QED) is 0.796. The molecule has 0 bridgehead atoms. The summed E-state index contributed by atoms with van der Waals surface area (Å²) >= 11 is 0. The number of nitrogens with zero attached hydrogens (tertiary/aromatic N) is 1. The van der Waals surface area contributed by atoms with E-state index < -0.39 is 0 Å². The van der Waals surface area contributed by atoms with E-state index in [1.165, 1.54) is 0 Å². The highest BCUT2D eigenvalue weighted by Gasteiger charge is 2.30. The van der Waals surface area contributed by atoms with Crippen molar-refractivity contribution >= 4 is 11.9 Å². The van der Waals surface area contributed by atoms with E-state index in [1.807, 2.05) is 31.2 Å². The largest absolute Gasteiger partial charge is 0.466 e. The minimum atomic E-state index is -0.185. The third-order valence-electron chi connectivity index (χ3n) is 3.70. The first-order valence-electron chi connectivity index (χ1n) is 7.15. The van der Waals surface area contributed by atoms with E-state index in [1.54, 1.807) is 11.8 Å². The van der Waals surface area contributed by atoms with Gasteiger partial charge in [-0.05, 0) is 38.3 Å². The fourth-order valence-electron chi connectivity index (χ4n) is 2.60. The summed E-state index contributed by atoms with van der Waals surface area (Å²) in [6.45, 7) is 5.30. The molecule has 1 saturated heterocycles. The number of benzene rings is 1. The summed E-state index contributed by atoms with van der Waals surface area (Å²) in [5.41, 5.74) is 1.69. The third-order valence-corrected chi connectivity index (χ3v) is 3.70. The molecule has 1 aromatic rings. The lowest BCUT2D eigenvalue weighted by atomic mass is 9.97. The van der Waals surface area contributed by atoms with Crippen LogP contribution in [0.3, 0.4) is 0 Å². The van der Waals surface area contributed by atoms with Crippen molar-refractivity contribution in [3.8, 4) is 0 Å². The van der Waals surface area contributed by atoms with Gasteiger partial charge in [0.1, 0.15) is 0 Å². The number of rotatable bonds is 3. The highest BCUT2D eigenvalue weighted by atomic mass is 16.5. The highest BCUT2D eigenvalue weighted by Crippen LogP contribution is 2.21. The SMILES string of the molecule is CCOC(=O)[C@@H]1CCCN(C(=O)c2ccccc2C)C1. The second kappa shape index (κ2) is 6.55. The monoisotopic (exact) mass is 275 g/mol. The molecule has 0 spiro atoms. The van der Waals surface area contributed by atoms with Crippen LogP contribution >= 0.6 is 0 Å². The lowest BCUT2D eigenvalue weighted by Crippen LogP contribution is -2.43. The fourth-order valence-corrected chi connectivity index (χ4v) is 2.60. The molecule has 1 amide bonds. The first-order chi connectivity index (χ1) is 9.63. The number of hydrogen-bond acceptors (Lipinski definition) is 3. The Morgan fingerprint density at radius 1 is 1.35 bits per heavy atom. The molecule has 20 heavy (non-hydrogen) atoms. The molecular weight excluding hydrogens is 254 g/mol. The first-order valence-corrected chi connectivity index (χ1v) is 7.15. The Balaban J connectivity index is 2.07. The van der Waals surface area contributed by atoms with E-state index in [9.17, 15) is 9.59 Å². The lowest BCUT2D eigenvalue weighted by molar-refractivity contribution is -0.149. The molecule has 0 N–H and O–H groups in total. The molecule has 0 saturated carbocycles. The molecule has 0 radical (unpaired) electrons. The number of carbonyl (C=O) groups is 2. The van der Waals surface area contributed by atoms with E-state index in [0.29, 0.717) is 19.7 Å². The van der Waals surface area contributed by atoms with Crippen molar-refractivity contribution in [1.29, 1.82) is 0 Å². The van der Waals surface area contributed by atoms with Crippen LogP contribution in [-0.2, 0) is 9.53 Å². The normalized spacial score (nSPS) is 18.7. The number of amides is 1. The number of aryl methyl sites for hydroxylation is 1. The van der Waals surface area contributed by atoms with Gasteiger partial charge in [-0.15, -0.1) is 0 Å². The Bertz CT molecular complexity index is 498. The van der Waals surface area contributed by atoms with Gasteiger partial charge in [0.25, 0.3) is 5.91 Å². The average Bonchev–Trinajstić information content (AvgIpc) is 2.47. The van der Waals surface area contributed by atoms with Crippen LogP contribution < -0.4 is 0 Å². The molecular formula is C16H21NO3. The molecule has 0 aliphatic carbocycles. The first kappa shape index (κ1) is 14.6. The van der Waals surface area contributed by atoms with Crippen LogP contribution in [0.5, 0.6) is 0 Å². The molecule has 0 unspecified atom stereocenters. The molecule has 1 aliphatic heterocycles. The summed E-state index contributed by atoms with van der Waals surface area (Å²) in [4.78, 5) is 26.1. The Kier molecular flexibility index (Phi) is 4.77. The summed E-state index contributed by atoms with van der Waals surface area (Å²) in [6, 6.07) is 7.56.